The van der Waals surface area contributed by atoms with Crippen molar-refractivity contribution in [1.29, 1.82) is 0 Å². The summed E-state index contributed by atoms with van der Waals surface area (Å²) in [5, 5.41) is 2.95. The Labute approximate surface area is 127 Å². The zero-order valence-corrected chi connectivity index (χ0v) is 13.1. The number of likely N-dealkylation sites (tertiary alicyclic amines) is 1. The van der Waals surface area contributed by atoms with Crippen LogP contribution in [-0.2, 0) is 11.3 Å². The van der Waals surface area contributed by atoms with E-state index in [1.807, 2.05) is 24.3 Å². The van der Waals surface area contributed by atoms with E-state index in [-0.39, 0.29) is 5.91 Å². The summed E-state index contributed by atoms with van der Waals surface area (Å²) in [5.41, 5.74) is 7.48. The fraction of sp³-hybridized carbons (Fsp3) is 0.588. The van der Waals surface area contributed by atoms with Crippen LogP contribution in [0.15, 0.2) is 24.3 Å². The van der Waals surface area contributed by atoms with Gasteiger partial charge in [-0.15, -0.1) is 0 Å². The molecule has 1 aliphatic rings. The monoisotopic (exact) mass is 289 g/mol. The van der Waals surface area contributed by atoms with Crippen LogP contribution in [0.5, 0.6) is 0 Å². The number of hydrogen-bond acceptors (Lipinski definition) is 3. The SMILES string of the molecule is CC(C)C1CCCN1CCC(=O)Nc1ccc(CN)cc1. The highest BCUT2D eigenvalue weighted by molar-refractivity contribution is 5.90. The van der Waals surface area contributed by atoms with Crippen LogP contribution in [-0.4, -0.2) is 29.9 Å². The van der Waals surface area contributed by atoms with Gasteiger partial charge in [-0.05, 0) is 43.0 Å². The number of nitrogens with two attached hydrogens (primary N) is 1. The summed E-state index contributed by atoms with van der Waals surface area (Å²) in [5.74, 6) is 0.754. The minimum atomic E-state index is 0.0879. The summed E-state index contributed by atoms with van der Waals surface area (Å²) in [6.07, 6.45) is 3.08. The first kappa shape index (κ1) is 16.0. The van der Waals surface area contributed by atoms with Crippen LogP contribution in [0.4, 0.5) is 5.69 Å². The number of amides is 1. The molecule has 0 bridgehead atoms. The predicted molar refractivity (Wildman–Crippen MR) is 87.0 cm³/mol. The number of nitrogens with zero attached hydrogens (tertiary/aromatic N) is 1. The van der Waals surface area contributed by atoms with E-state index < -0.39 is 0 Å². The zero-order chi connectivity index (χ0) is 15.2. The highest BCUT2D eigenvalue weighted by Crippen LogP contribution is 2.23. The first-order valence-electron chi connectivity index (χ1n) is 7.93. The molecular formula is C17H27N3O. The van der Waals surface area contributed by atoms with Crippen molar-refractivity contribution in [2.24, 2.45) is 11.7 Å². The number of nitrogens with one attached hydrogen (secondary N) is 1. The lowest BCUT2D eigenvalue weighted by Crippen LogP contribution is -2.35. The molecule has 0 aromatic heterocycles. The Balaban J connectivity index is 1.79. The van der Waals surface area contributed by atoms with Crippen LogP contribution in [0.2, 0.25) is 0 Å². The highest BCUT2D eigenvalue weighted by atomic mass is 16.1. The lowest BCUT2D eigenvalue weighted by atomic mass is 10.0. The van der Waals surface area contributed by atoms with Crippen LogP contribution in [0.25, 0.3) is 0 Å². The van der Waals surface area contributed by atoms with Crippen LogP contribution in [0.1, 0.15) is 38.7 Å². The van der Waals surface area contributed by atoms with Gasteiger partial charge in [0.2, 0.25) is 5.91 Å². The van der Waals surface area contributed by atoms with Crippen LogP contribution >= 0.6 is 0 Å². The van der Waals surface area contributed by atoms with Crippen LogP contribution in [0.3, 0.4) is 0 Å². The maximum Gasteiger partial charge on any atom is 0.225 e. The van der Waals surface area contributed by atoms with Gasteiger partial charge >= 0.3 is 0 Å². The second kappa shape index (κ2) is 7.57. The summed E-state index contributed by atoms with van der Waals surface area (Å²) >= 11 is 0. The third-order valence-electron chi connectivity index (χ3n) is 4.28. The van der Waals surface area contributed by atoms with Gasteiger partial charge in [-0.25, -0.2) is 0 Å². The maximum atomic E-state index is 12.0. The summed E-state index contributed by atoms with van der Waals surface area (Å²) in [4.78, 5) is 14.5. The van der Waals surface area contributed by atoms with E-state index in [1.54, 1.807) is 0 Å². The molecule has 0 radical (unpaired) electrons. The molecule has 4 heteroatoms. The van der Waals surface area contributed by atoms with E-state index in [0.29, 0.717) is 24.9 Å². The molecule has 1 amide bonds. The molecule has 2 rings (SSSR count). The van der Waals surface area contributed by atoms with Gasteiger partial charge in [0.05, 0.1) is 0 Å². The van der Waals surface area contributed by atoms with E-state index in [9.17, 15) is 4.79 Å². The second-order valence-corrected chi connectivity index (χ2v) is 6.19. The topological polar surface area (TPSA) is 58.4 Å². The van der Waals surface area contributed by atoms with E-state index in [1.165, 1.54) is 12.8 Å². The van der Waals surface area contributed by atoms with E-state index in [2.05, 4.69) is 24.1 Å². The van der Waals surface area contributed by atoms with Gasteiger partial charge in [-0.3, -0.25) is 9.69 Å². The highest BCUT2D eigenvalue weighted by Gasteiger charge is 2.26. The fourth-order valence-corrected chi connectivity index (χ4v) is 3.08. The average molecular weight is 289 g/mol. The molecule has 1 unspecified atom stereocenters. The molecule has 0 aliphatic carbocycles. The zero-order valence-electron chi connectivity index (χ0n) is 13.1. The Bertz CT molecular complexity index is 456. The Hall–Kier alpha value is -1.39. The summed E-state index contributed by atoms with van der Waals surface area (Å²) in [6, 6.07) is 8.36. The third kappa shape index (κ3) is 4.55. The summed E-state index contributed by atoms with van der Waals surface area (Å²) in [6.45, 7) is 7.04. The molecular weight excluding hydrogens is 262 g/mol. The first-order chi connectivity index (χ1) is 10.1. The Morgan fingerprint density at radius 1 is 1.38 bits per heavy atom. The quantitative estimate of drug-likeness (QED) is 0.846. The van der Waals surface area contributed by atoms with Gasteiger partial charge < -0.3 is 11.1 Å². The average Bonchev–Trinajstić information content (AvgIpc) is 2.94. The number of rotatable bonds is 6. The van der Waals surface area contributed by atoms with Gasteiger partial charge in [0.1, 0.15) is 0 Å². The van der Waals surface area contributed by atoms with Crippen LogP contribution < -0.4 is 11.1 Å². The van der Waals surface area contributed by atoms with Crippen molar-refractivity contribution in [3.8, 4) is 0 Å². The number of hydrogen-bond donors (Lipinski definition) is 2. The van der Waals surface area contributed by atoms with E-state index in [4.69, 9.17) is 5.73 Å². The molecule has 1 aliphatic heterocycles. The van der Waals surface area contributed by atoms with Crippen molar-refractivity contribution in [2.75, 3.05) is 18.4 Å². The van der Waals surface area contributed by atoms with Crippen molar-refractivity contribution >= 4 is 11.6 Å². The molecule has 0 saturated carbocycles. The molecule has 21 heavy (non-hydrogen) atoms. The lowest BCUT2D eigenvalue weighted by molar-refractivity contribution is -0.116. The van der Waals surface area contributed by atoms with Gasteiger partial charge in [0, 0.05) is 31.2 Å². The second-order valence-electron chi connectivity index (χ2n) is 6.19. The van der Waals surface area contributed by atoms with Crippen LogP contribution in [0, 0.1) is 5.92 Å². The molecule has 1 aromatic rings. The van der Waals surface area contributed by atoms with Crippen molar-refractivity contribution in [3.63, 3.8) is 0 Å². The lowest BCUT2D eigenvalue weighted by Gasteiger charge is -2.27. The third-order valence-corrected chi connectivity index (χ3v) is 4.28. The molecule has 1 aromatic carbocycles. The molecule has 1 fully saturated rings. The molecule has 116 valence electrons. The normalized spacial score (nSPS) is 19.1. The summed E-state index contributed by atoms with van der Waals surface area (Å²) in [7, 11) is 0. The van der Waals surface area contributed by atoms with Gasteiger partial charge in [-0.2, -0.15) is 0 Å². The standard InChI is InChI=1S/C17H27N3O/c1-13(2)16-4-3-10-20(16)11-9-17(21)19-15-7-5-14(12-18)6-8-15/h5-8,13,16H,3-4,9-12,18H2,1-2H3,(H,19,21). The Morgan fingerprint density at radius 2 is 2.10 bits per heavy atom. The molecule has 0 spiro atoms. The van der Waals surface area contributed by atoms with Crippen molar-refractivity contribution in [1.82, 2.24) is 4.90 Å². The molecule has 1 atom stereocenters. The Morgan fingerprint density at radius 3 is 2.71 bits per heavy atom. The van der Waals surface area contributed by atoms with E-state index >= 15 is 0 Å². The largest absolute Gasteiger partial charge is 0.326 e. The predicted octanol–water partition coefficient (Wildman–Crippen LogP) is 2.59. The number of carbonyl (C=O) groups excluding carboxylic acids is 1. The number of benzene rings is 1. The minimum Gasteiger partial charge on any atom is -0.326 e. The molecule has 4 nitrogen and oxygen atoms in total. The number of anilines is 1. The van der Waals surface area contributed by atoms with Gasteiger partial charge in [-0.1, -0.05) is 26.0 Å². The smallest absolute Gasteiger partial charge is 0.225 e. The Kier molecular flexibility index (Phi) is 5.76. The maximum absolute atomic E-state index is 12.0. The molecule has 1 saturated heterocycles. The minimum absolute atomic E-state index is 0.0879. The van der Waals surface area contributed by atoms with Gasteiger partial charge in [0.25, 0.3) is 0 Å². The summed E-state index contributed by atoms with van der Waals surface area (Å²) < 4.78 is 0. The van der Waals surface area contributed by atoms with Crippen molar-refractivity contribution in [3.05, 3.63) is 29.8 Å². The van der Waals surface area contributed by atoms with E-state index in [0.717, 1.165) is 24.3 Å². The van der Waals surface area contributed by atoms with Crippen molar-refractivity contribution in [2.45, 2.75) is 45.7 Å². The van der Waals surface area contributed by atoms with Crippen molar-refractivity contribution < 1.29 is 4.79 Å². The fourth-order valence-electron chi connectivity index (χ4n) is 3.08. The first-order valence-corrected chi connectivity index (χ1v) is 7.93. The molecule has 3 N–H and O–H groups in total. The molecule has 1 heterocycles. The van der Waals surface area contributed by atoms with Gasteiger partial charge in [0.15, 0.2) is 0 Å². The number of carbonyl (C=O) groups is 1.